The molecule has 1 heterocycles. The lowest BCUT2D eigenvalue weighted by atomic mass is 9.98. The summed E-state index contributed by atoms with van der Waals surface area (Å²) in [6.45, 7) is 5.69. The summed E-state index contributed by atoms with van der Waals surface area (Å²) in [5.41, 5.74) is 0. The van der Waals surface area contributed by atoms with Gasteiger partial charge in [0.2, 0.25) is 0 Å². The van der Waals surface area contributed by atoms with Crippen molar-refractivity contribution in [1.82, 2.24) is 0 Å². The van der Waals surface area contributed by atoms with Crippen LogP contribution in [-0.2, 0) is 42.9 Å². The molecule has 0 aliphatic carbocycles. The Bertz CT molecular complexity index is 1840. The highest BCUT2D eigenvalue weighted by Crippen LogP contribution is 2.26. The zero-order valence-electron chi connectivity index (χ0n) is 49.1. The van der Waals surface area contributed by atoms with Gasteiger partial charge in [-0.3, -0.25) is 14.4 Å². The molecule has 0 radical (unpaired) electrons. The average Bonchev–Trinajstić information content (AvgIpc) is 3.47. The van der Waals surface area contributed by atoms with Gasteiger partial charge in [0.25, 0.3) is 0 Å². The zero-order chi connectivity index (χ0) is 57.5. The summed E-state index contributed by atoms with van der Waals surface area (Å²) in [6, 6.07) is 0. The average molecular weight is 1100 g/mol. The Morgan fingerprint density at radius 3 is 1.27 bits per heavy atom. The number of rotatable bonds is 50. The quantitative estimate of drug-likeness (QED) is 0.0228. The van der Waals surface area contributed by atoms with E-state index in [0.29, 0.717) is 19.3 Å². The Morgan fingerprint density at radius 1 is 0.430 bits per heavy atom. The van der Waals surface area contributed by atoms with Crippen LogP contribution in [0.2, 0.25) is 0 Å². The second kappa shape index (κ2) is 53.7. The summed E-state index contributed by atoms with van der Waals surface area (Å²) in [5, 5.41) is 31.5. The molecule has 6 unspecified atom stereocenters. The van der Waals surface area contributed by atoms with E-state index in [4.69, 9.17) is 23.7 Å². The smallest absolute Gasteiger partial charge is 0.335 e. The minimum absolute atomic E-state index is 0.0202. The van der Waals surface area contributed by atoms with Crippen molar-refractivity contribution in [2.45, 2.75) is 263 Å². The molecular formula is C67H106O12. The Morgan fingerprint density at radius 2 is 0.823 bits per heavy atom. The number of unbranched alkanes of at least 4 members (excludes halogenated alkanes) is 16. The molecule has 446 valence electrons. The van der Waals surface area contributed by atoms with Crippen LogP contribution in [0.25, 0.3) is 0 Å². The van der Waals surface area contributed by atoms with Gasteiger partial charge in [0.15, 0.2) is 24.6 Å². The minimum atomic E-state index is -1.93. The molecular weight excluding hydrogens is 997 g/mol. The van der Waals surface area contributed by atoms with Crippen molar-refractivity contribution < 1.29 is 58.2 Å². The van der Waals surface area contributed by atoms with Crippen LogP contribution in [0, 0.1) is 0 Å². The minimum Gasteiger partial charge on any atom is -0.479 e. The normalized spacial score (nSPS) is 18.7. The lowest BCUT2D eigenvalue weighted by Crippen LogP contribution is -2.61. The molecule has 1 fully saturated rings. The largest absolute Gasteiger partial charge is 0.479 e. The lowest BCUT2D eigenvalue weighted by molar-refractivity contribution is -0.301. The lowest BCUT2D eigenvalue weighted by Gasteiger charge is -2.40. The summed E-state index contributed by atoms with van der Waals surface area (Å²) < 4.78 is 28.3. The van der Waals surface area contributed by atoms with Gasteiger partial charge in [-0.1, -0.05) is 232 Å². The third-order valence-corrected chi connectivity index (χ3v) is 13.0. The number of aliphatic carboxylic acids is 1. The maximum absolute atomic E-state index is 13.1. The van der Waals surface area contributed by atoms with E-state index in [-0.39, 0.29) is 25.9 Å². The van der Waals surface area contributed by atoms with Gasteiger partial charge in [-0.2, -0.15) is 0 Å². The zero-order valence-corrected chi connectivity index (χ0v) is 49.1. The number of ether oxygens (including phenoxy) is 5. The number of carboxylic acid groups (broad SMARTS) is 1. The van der Waals surface area contributed by atoms with Gasteiger partial charge in [0.1, 0.15) is 18.8 Å². The summed E-state index contributed by atoms with van der Waals surface area (Å²) in [7, 11) is 0. The number of esters is 3. The van der Waals surface area contributed by atoms with E-state index in [1.165, 1.54) is 57.8 Å². The van der Waals surface area contributed by atoms with E-state index in [1.807, 2.05) is 12.2 Å². The van der Waals surface area contributed by atoms with E-state index in [2.05, 4.69) is 130 Å². The summed E-state index contributed by atoms with van der Waals surface area (Å²) in [6.07, 6.45) is 61.7. The van der Waals surface area contributed by atoms with Crippen LogP contribution in [0.3, 0.4) is 0 Å². The highest BCUT2D eigenvalue weighted by molar-refractivity contribution is 5.74. The van der Waals surface area contributed by atoms with Crippen molar-refractivity contribution in [1.29, 1.82) is 0 Å². The van der Waals surface area contributed by atoms with Crippen molar-refractivity contribution in [3.63, 3.8) is 0 Å². The molecule has 0 aromatic rings. The highest BCUT2D eigenvalue weighted by Gasteiger charge is 2.50. The molecule has 0 bridgehead atoms. The Balaban J connectivity index is 2.74. The van der Waals surface area contributed by atoms with Crippen LogP contribution in [0.5, 0.6) is 0 Å². The molecule has 6 atom stereocenters. The van der Waals surface area contributed by atoms with Gasteiger partial charge in [0, 0.05) is 19.3 Å². The molecule has 1 aliphatic rings. The standard InChI is InChI=1S/C67H106O12/c1-4-7-10-13-16-19-22-25-27-29-30-32-33-36-38-41-44-47-50-53-59(68)75-56-58(77-60(69)54-51-48-45-42-39-35-24-21-18-15-12-9-6-3)57-76-67-65(63(72)62(71)64(79-67)66(73)74)78-61(70)55-52-49-46-43-40-37-34-31-28-26-23-20-17-14-11-8-5-2/h7-8,10-11,16-17,19-20,25-28,30,32,34,36-38,44,47,58,62-65,67,71-72H,4-6,9,12-15,18,21-24,29,31,33,35,39-43,45-46,48-57H2,1-3H3,(H,73,74)/b10-7-,11-8-,19-16-,20-17-,27-25-,28-26-,32-30-,37-34-,38-36-,47-44-. The molecule has 0 amide bonds. The number of carbonyl (C=O) groups excluding carboxylic acids is 3. The Hall–Kier alpha value is -4.88. The molecule has 0 spiro atoms. The maximum atomic E-state index is 13.1. The summed E-state index contributed by atoms with van der Waals surface area (Å²) in [5.74, 6) is -3.27. The number of aliphatic hydroxyl groups is 2. The van der Waals surface area contributed by atoms with Gasteiger partial charge < -0.3 is 39.0 Å². The number of carboxylic acids is 1. The predicted octanol–water partition coefficient (Wildman–Crippen LogP) is 16.0. The van der Waals surface area contributed by atoms with Crippen LogP contribution in [-0.4, -0.2) is 89.2 Å². The molecule has 12 nitrogen and oxygen atoms in total. The summed E-state index contributed by atoms with van der Waals surface area (Å²) >= 11 is 0. The number of hydrogen-bond donors (Lipinski definition) is 3. The third kappa shape index (κ3) is 43.6. The van der Waals surface area contributed by atoms with Crippen molar-refractivity contribution in [2.75, 3.05) is 13.2 Å². The van der Waals surface area contributed by atoms with Crippen molar-refractivity contribution in [3.05, 3.63) is 122 Å². The van der Waals surface area contributed by atoms with Crippen LogP contribution >= 0.6 is 0 Å². The fourth-order valence-corrected chi connectivity index (χ4v) is 8.44. The van der Waals surface area contributed by atoms with Gasteiger partial charge in [-0.15, -0.1) is 0 Å². The first-order valence-electron chi connectivity index (χ1n) is 30.5. The van der Waals surface area contributed by atoms with E-state index in [9.17, 15) is 34.5 Å². The molecule has 3 N–H and O–H groups in total. The van der Waals surface area contributed by atoms with Crippen LogP contribution in [0.4, 0.5) is 0 Å². The maximum Gasteiger partial charge on any atom is 0.335 e. The molecule has 0 aromatic carbocycles. The van der Waals surface area contributed by atoms with Crippen LogP contribution in [0.15, 0.2) is 122 Å². The summed E-state index contributed by atoms with van der Waals surface area (Å²) in [4.78, 5) is 51.2. The van der Waals surface area contributed by atoms with Crippen LogP contribution in [0.1, 0.15) is 226 Å². The Kier molecular flexibility index (Phi) is 49.1. The van der Waals surface area contributed by atoms with Gasteiger partial charge in [-0.25, -0.2) is 4.79 Å². The number of carbonyl (C=O) groups is 4. The topological polar surface area (TPSA) is 175 Å². The van der Waals surface area contributed by atoms with E-state index < -0.39 is 67.3 Å². The predicted molar refractivity (Wildman–Crippen MR) is 321 cm³/mol. The first-order chi connectivity index (χ1) is 38.6. The van der Waals surface area contributed by atoms with Crippen molar-refractivity contribution >= 4 is 23.9 Å². The molecule has 79 heavy (non-hydrogen) atoms. The number of aliphatic hydroxyl groups excluding tert-OH is 2. The monoisotopic (exact) mass is 1100 g/mol. The third-order valence-electron chi connectivity index (χ3n) is 13.0. The molecule has 0 saturated carbocycles. The van der Waals surface area contributed by atoms with Gasteiger partial charge in [0.05, 0.1) is 6.61 Å². The van der Waals surface area contributed by atoms with Crippen LogP contribution < -0.4 is 0 Å². The second-order valence-electron chi connectivity index (χ2n) is 20.2. The fraction of sp³-hybridized carbons (Fsp3) is 0.642. The van der Waals surface area contributed by atoms with Crippen molar-refractivity contribution in [2.24, 2.45) is 0 Å². The molecule has 12 heteroatoms. The van der Waals surface area contributed by atoms with Gasteiger partial charge >= 0.3 is 23.9 Å². The van der Waals surface area contributed by atoms with E-state index >= 15 is 0 Å². The van der Waals surface area contributed by atoms with E-state index in [1.54, 1.807) is 0 Å². The van der Waals surface area contributed by atoms with Crippen molar-refractivity contribution in [3.8, 4) is 0 Å². The number of hydrogen-bond acceptors (Lipinski definition) is 11. The second-order valence-corrected chi connectivity index (χ2v) is 20.2. The molecule has 1 rings (SSSR count). The SMILES string of the molecule is CC/C=C\C/C=C\C/C=C\C/C=C\C/C=C\C/C=C\CCC(=O)OCC(COC1OC(C(=O)O)C(O)C(O)C1OC(=O)CCCCCC/C=C\C/C=C\C/C=C\C/C=C\CC)OC(=O)CCCCCCCCCCCCCCC. The highest BCUT2D eigenvalue weighted by atomic mass is 16.7. The van der Waals surface area contributed by atoms with E-state index in [0.717, 1.165) is 109 Å². The first-order valence-corrected chi connectivity index (χ1v) is 30.5. The first kappa shape index (κ1) is 72.1. The fourth-order valence-electron chi connectivity index (χ4n) is 8.44. The number of allylic oxidation sites excluding steroid dienone is 20. The Labute approximate surface area is 478 Å². The molecule has 0 aromatic heterocycles. The molecule has 1 saturated heterocycles. The molecule has 1 aliphatic heterocycles. The van der Waals surface area contributed by atoms with Gasteiger partial charge in [-0.05, 0) is 96.3 Å².